The van der Waals surface area contributed by atoms with Gasteiger partial charge in [0.25, 0.3) is 5.91 Å². The molecule has 0 saturated heterocycles. The molecule has 3 aromatic rings. The van der Waals surface area contributed by atoms with E-state index in [4.69, 9.17) is 5.26 Å². The lowest BCUT2D eigenvalue weighted by Gasteiger charge is -2.22. The van der Waals surface area contributed by atoms with Crippen LogP contribution in [0.3, 0.4) is 0 Å². The van der Waals surface area contributed by atoms with Crippen molar-refractivity contribution in [3.8, 4) is 11.8 Å². The van der Waals surface area contributed by atoms with Gasteiger partial charge in [-0.1, -0.05) is 6.07 Å². The number of alkyl halides is 3. The number of amides is 1. The van der Waals surface area contributed by atoms with E-state index in [9.17, 15) is 18.0 Å². The third-order valence-electron chi connectivity index (χ3n) is 4.96. The van der Waals surface area contributed by atoms with Crippen LogP contribution < -0.4 is 5.32 Å². The van der Waals surface area contributed by atoms with Crippen LogP contribution in [0.4, 0.5) is 13.2 Å². The third-order valence-corrected chi connectivity index (χ3v) is 4.96. The summed E-state index contributed by atoms with van der Waals surface area (Å²) < 4.78 is 40.3. The van der Waals surface area contributed by atoms with Crippen molar-refractivity contribution < 1.29 is 18.0 Å². The number of aryl methyl sites for hydroxylation is 1. The van der Waals surface area contributed by atoms with Gasteiger partial charge in [-0.2, -0.15) is 23.5 Å². The largest absolute Gasteiger partial charge is 0.433 e. The normalized spacial score (nSPS) is 15.9. The van der Waals surface area contributed by atoms with Crippen LogP contribution in [0.2, 0.25) is 0 Å². The zero-order chi connectivity index (χ0) is 21.3. The van der Waals surface area contributed by atoms with Crippen molar-refractivity contribution in [1.82, 2.24) is 20.1 Å². The summed E-state index contributed by atoms with van der Waals surface area (Å²) in [5, 5.41) is 16.4. The van der Waals surface area contributed by atoms with Gasteiger partial charge in [-0.3, -0.25) is 9.78 Å². The second-order valence-corrected chi connectivity index (χ2v) is 6.98. The Morgan fingerprint density at radius 2 is 2.10 bits per heavy atom. The fourth-order valence-electron chi connectivity index (χ4n) is 3.51. The fraction of sp³-hybridized carbons (Fsp3) is 0.238. The highest BCUT2D eigenvalue weighted by Gasteiger charge is 2.33. The van der Waals surface area contributed by atoms with Crippen molar-refractivity contribution in [2.45, 2.75) is 31.5 Å². The number of carbonyl (C=O) groups is 1. The number of hydrogen-bond acceptors (Lipinski definition) is 4. The SMILES string of the molecule is N#Cc1cccc(C(=O)N[C@H]2CCCc3nn(-c4ccnc(C(F)(F)F)c4)cc32)c1. The predicted octanol–water partition coefficient (Wildman–Crippen LogP) is 3.97. The van der Waals surface area contributed by atoms with Gasteiger partial charge in [0.2, 0.25) is 0 Å². The van der Waals surface area contributed by atoms with Crippen LogP contribution >= 0.6 is 0 Å². The molecule has 1 atom stereocenters. The molecule has 1 aliphatic carbocycles. The predicted molar refractivity (Wildman–Crippen MR) is 101 cm³/mol. The Kier molecular flexibility index (Phi) is 4.99. The summed E-state index contributed by atoms with van der Waals surface area (Å²) in [6, 6.07) is 10.5. The monoisotopic (exact) mass is 411 g/mol. The molecule has 4 rings (SSSR count). The summed E-state index contributed by atoms with van der Waals surface area (Å²) in [7, 11) is 0. The number of pyridine rings is 1. The van der Waals surface area contributed by atoms with Crippen LogP contribution in [-0.4, -0.2) is 20.7 Å². The van der Waals surface area contributed by atoms with Crippen molar-refractivity contribution >= 4 is 5.91 Å². The average molecular weight is 411 g/mol. The van der Waals surface area contributed by atoms with Crippen molar-refractivity contribution in [2.24, 2.45) is 0 Å². The van der Waals surface area contributed by atoms with Gasteiger partial charge < -0.3 is 5.32 Å². The van der Waals surface area contributed by atoms with E-state index < -0.39 is 11.9 Å². The van der Waals surface area contributed by atoms with Crippen LogP contribution in [-0.2, 0) is 12.6 Å². The van der Waals surface area contributed by atoms with E-state index >= 15 is 0 Å². The van der Waals surface area contributed by atoms with Gasteiger partial charge in [0.05, 0.1) is 29.1 Å². The minimum absolute atomic E-state index is 0.249. The molecule has 6 nitrogen and oxygen atoms in total. The number of rotatable bonds is 3. The van der Waals surface area contributed by atoms with Gasteiger partial charge in [0.15, 0.2) is 0 Å². The molecule has 0 unspecified atom stereocenters. The van der Waals surface area contributed by atoms with E-state index in [0.29, 0.717) is 24.0 Å². The number of halogens is 3. The van der Waals surface area contributed by atoms with Crippen LogP contribution in [0.15, 0.2) is 48.8 Å². The molecule has 2 heterocycles. The molecule has 1 N–H and O–H groups in total. The summed E-state index contributed by atoms with van der Waals surface area (Å²) >= 11 is 0. The first-order valence-electron chi connectivity index (χ1n) is 9.28. The highest BCUT2D eigenvalue weighted by atomic mass is 19.4. The molecule has 0 saturated carbocycles. The fourth-order valence-corrected chi connectivity index (χ4v) is 3.51. The molecule has 1 amide bonds. The number of fused-ring (bicyclic) bond motifs is 1. The zero-order valence-corrected chi connectivity index (χ0v) is 15.6. The van der Waals surface area contributed by atoms with Crippen LogP contribution in [0.25, 0.3) is 5.69 Å². The number of nitrogens with one attached hydrogen (secondary N) is 1. The molecular weight excluding hydrogens is 395 g/mol. The second-order valence-electron chi connectivity index (χ2n) is 6.98. The molecule has 0 radical (unpaired) electrons. The Morgan fingerprint density at radius 1 is 1.27 bits per heavy atom. The highest BCUT2D eigenvalue weighted by molar-refractivity contribution is 5.94. The number of hydrogen-bond donors (Lipinski definition) is 1. The number of aromatic nitrogens is 3. The highest BCUT2D eigenvalue weighted by Crippen LogP contribution is 2.32. The first-order chi connectivity index (χ1) is 14.3. The maximum Gasteiger partial charge on any atom is 0.433 e. The zero-order valence-electron chi connectivity index (χ0n) is 15.6. The topological polar surface area (TPSA) is 83.6 Å². The van der Waals surface area contributed by atoms with Crippen LogP contribution in [0, 0.1) is 11.3 Å². The maximum atomic E-state index is 13.0. The summed E-state index contributed by atoms with van der Waals surface area (Å²) in [6.07, 6.45) is 0.359. The third kappa shape index (κ3) is 3.89. The van der Waals surface area contributed by atoms with Gasteiger partial charge >= 0.3 is 6.18 Å². The molecule has 2 aromatic heterocycles. The lowest BCUT2D eigenvalue weighted by molar-refractivity contribution is -0.141. The molecule has 0 fully saturated rings. The van der Waals surface area contributed by atoms with E-state index in [2.05, 4.69) is 15.4 Å². The molecular formula is C21H16F3N5O. The summed E-state index contributed by atoms with van der Waals surface area (Å²) in [6.45, 7) is 0. The lowest BCUT2D eigenvalue weighted by atomic mass is 9.93. The van der Waals surface area contributed by atoms with E-state index in [1.165, 1.54) is 16.8 Å². The van der Waals surface area contributed by atoms with Crippen molar-refractivity contribution in [3.05, 3.63) is 76.9 Å². The number of carbonyl (C=O) groups excluding carboxylic acids is 1. The van der Waals surface area contributed by atoms with Gasteiger partial charge in [-0.05, 0) is 49.6 Å². The minimum atomic E-state index is -4.54. The summed E-state index contributed by atoms with van der Waals surface area (Å²) in [5.41, 5.74) is 1.53. The first kappa shape index (κ1) is 19.6. The molecule has 0 bridgehead atoms. The van der Waals surface area contributed by atoms with Gasteiger partial charge in [0.1, 0.15) is 5.69 Å². The Bertz CT molecular complexity index is 1150. The number of nitriles is 1. The maximum absolute atomic E-state index is 13.0. The van der Waals surface area contributed by atoms with E-state index in [1.54, 1.807) is 24.4 Å². The van der Waals surface area contributed by atoms with Gasteiger partial charge in [-0.25, -0.2) is 4.68 Å². The lowest BCUT2D eigenvalue weighted by Crippen LogP contribution is -2.30. The molecule has 0 spiro atoms. The smallest absolute Gasteiger partial charge is 0.345 e. The van der Waals surface area contributed by atoms with Crippen molar-refractivity contribution in [2.75, 3.05) is 0 Å². The Balaban J connectivity index is 1.60. The van der Waals surface area contributed by atoms with E-state index in [-0.39, 0.29) is 17.6 Å². The van der Waals surface area contributed by atoms with E-state index in [0.717, 1.165) is 29.9 Å². The molecule has 1 aliphatic rings. The number of benzene rings is 1. The quantitative estimate of drug-likeness (QED) is 0.707. The minimum Gasteiger partial charge on any atom is -0.345 e. The molecule has 9 heteroatoms. The molecule has 1 aromatic carbocycles. The second kappa shape index (κ2) is 7.63. The van der Waals surface area contributed by atoms with E-state index in [1.807, 2.05) is 6.07 Å². The van der Waals surface area contributed by atoms with Crippen molar-refractivity contribution in [3.63, 3.8) is 0 Å². The van der Waals surface area contributed by atoms with Crippen molar-refractivity contribution in [1.29, 1.82) is 5.26 Å². The Morgan fingerprint density at radius 3 is 2.87 bits per heavy atom. The first-order valence-corrected chi connectivity index (χ1v) is 9.28. The molecule has 30 heavy (non-hydrogen) atoms. The van der Waals surface area contributed by atoms with Crippen LogP contribution in [0.5, 0.6) is 0 Å². The summed E-state index contributed by atoms with van der Waals surface area (Å²) in [5.74, 6) is -0.319. The molecule has 152 valence electrons. The van der Waals surface area contributed by atoms with Gasteiger partial charge in [-0.15, -0.1) is 0 Å². The Hall–Kier alpha value is -3.67. The van der Waals surface area contributed by atoms with Crippen LogP contribution in [0.1, 0.15) is 51.8 Å². The Labute approximate surface area is 170 Å². The standard InChI is InChI=1S/C21H16F3N5O/c22-21(23,24)19-10-15(7-8-26-19)29-12-16-17(5-2-6-18(16)28-29)27-20(30)14-4-1-3-13(9-14)11-25/h1,3-4,7-10,12,17H,2,5-6H2,(H,27,30)/t17-/m0/s1. The average Bonchev–Trinajstić information content (AvgIpc) is 3.19. The number of nitrogens with zero attached hydrogens (tertiary/aromatic N) is 4. The molecule has 0 aliphatic heterocycles. The van der Waals surface area contributed by atoms with Gasteiger partial charge in [0, 0.05) is 23.5 Å². The summed E-state index contributed by atoms with van der Waals surface area (Å²) in [4.78, 5) is 16.0.